The largest absolute Gasteiger partial charge is 0.496 e. The fourth-order valence-corrected chi connectivity index (χ4v) is 2.39. The first-order chi connectivity index (χ1) is 10.0. The summed E-state index contributed by atoms with van der Waals surface area (Å²) in [7, 11) is 1.68. The van der Waals surface area contributed by atoms with Crippen molar-refractivity contribution in [2.45, 2.75) is 46.6 Å². The average molecular weight is 293 g/mol. The van der Waals surface area contributed by atoms with E-state index in [0.29, 0.717) is 13.0 Å². The zero-order valence-corrected chi connectivity index (χ0v) is 13.8. The summed E-state index contributed by atoms with van der Waals surface area (Å²) in [6.07, 6.45) is 1.12. The molecule has 0 amide bonds. The summed E-state index contributed by atoms with van der Waals surface area (Å²) < 4.78 is 10.5. The Morgan fingerprint density at radius 3 is 2.48 bits per heavy atom. The molecule has 1 unspecified atom stereocenters. The summed E-state index contributed by atoms with van der Waals surface area (Å²) in [6, 6.07) is 4.26. The Labute approximate surface area is 127 Å². The second-order valence-corrected chi connectivity index (χ2v) is 5.22. The van der Waals surface area contributed by atoms with Crippen molar-refractivity contribution in [2.24, 2.45) is 0 Å². The van der Waals surface area contributed by atoms with Gasteiger partial charge in [0.25, 0.3) is 0 Å². The van der Waals surface area contributed by atoms with Gasteiger partial charge in [-0.1, -0.05) is 13.0 Å². The van der Waals surface area contributed by atoms with E-state index in [2.05, 4.69) is 31.3 Å². The zero-order valence-electron chi connectivity index (χ0n) is 13.8. The molecule has 0 aliphatic heterocycles. The highest BCUT2D eigenvalue weighted by atomic mass is 16.5. The molecular weight excluding hydrogens is 266 g/mol. The number of carbonyl (C=O) groups is 1. The van der Waals surface area contributed by atoms with Gasteiger partial charge in [-0.25, -0.2) is 0 Å². The summed E-state index contributed by atoms with van der Waals surface area (Å²) >= 11 is 0. The standard InChI is InChI=1S/C17H27NO3/c1-6-18-15(11-17(19)21-7-2)10-14-8-12(3)13(4)9-16(14)20-5/h8-9,15,18H,6-7,10-11H2,1-5H3. The second-order valence-electron chi connectivity index (χ2n) is 5.22. The van der Waals surface area contributed by atoms with Gasteiger partial charge in [0.2, 0.25) is 0 Å². The second kappa shape index (κ2) is 8.67. The van der Waals surface area contributed by atoms with E-state index in [9.17, 15) is 4.79 Å². The summed E-state index contributed by atoms with van der Waals surface area (Å²) in [5.41, 5.74) is 3.56. The van der Waals surface area contributed by atoms with Gasteiger partial charge in [-0.05, 0) is 56.5 Å². The maximum absolute atomic E-state index is 11.7. The number of ether oxygens (including phenoxy) is 2. The molecule has 0 saturated carbocycles. The SMILES string of the molecule is CCNC(CC(=O)OCC)Cc1cc(C)c(C)cc1OC. The van der Waals surface area contributed by atoms with Crippen LogP contribution in [0.15, 0.2) is 12.1 Å². The van der Waals surface area contributed by atoms with E-state index in [-0.39, 0.29) is 12.0 Å². The first-order valence-electron chi connectivity index (χ1n) is 7.54. The van der Waals surface area contributed by atoms with Crippen LogP contribution in [0.25, 0.3) is 0 Å². The van der Waals surface area contributed by atoms with E-state index in [1.54, 1.807) is 7.11 Å². The highest BCUT2D eigenvalue weighted by Gasteiger charge is 2.17. The summed E-state index contributed by atoms with van der Waals surface area (Å²) in [5.74, 6) is 0.719. The van der Waals surface area contributed by atoms with Crippen LogP contribution in [0.4, 0.5) is 0 Å². The van der Waals surface area contributed by atoms with Gasteiger partial charge in [-0.15, -0.1) is 0 Å². The molecule has 1 aromatic rings. The van der Waals surface area contributed by atoms with Crippen LogP contribution < -0.4 is 10.1 Å². The lowest BCUT2D eigenvalue weighted by Crippen LogP contribution is -2.34. The molecule has 0 saturated heterocycles. The molecule has 0 radical (unpaired) electrons. The molecule has 0 heterocycles. The molecular formula is C17H27NO3. The predicted octanol–water partition coefficient (Wildman–Crippen LogP) is 2.79. The quantitative estimate of drug-likeness (QED) is 0.749. The number of nitrogens with one attached hydrogen (secondary N) is 1. The van der Waals surface area contributed by atoms with Crippen molar-refractivity contribution in [3.05, 3.63) is 28.8 Å². The number of esters is 1. The van der Waals surface area contributed by atoms with Gasteiger partial charge < -0.3 is 14.8 Å². The van der Waals surface area contributed by atoms with Crippen LogP contribution in [-0.2, 0) is 16.0 Å². The average Bonchev–Trinajstić information content (AvgIpc) is 2.43. The van der Waals surface area contributed by atoms with Crippen molar-refractivity contribution in [3.63, 3.8) is 0 Å². The molecule has 1 atom stereocenters. The normalized spacial score (nSPS) is 12.0. The van der Waals surface area contributed by atoms with Crippen LogP contribution in [0.1, 0.15) is 37.0 Å². The van der Waals surface area contributed by atoms with Crippen molar-refractivity contribution in [2.75, 3.05) is 20.3 Å². The maximum atomic E-state index is 11.7. The lowest BCUT2D eigenvalue weighted by Gasteiger charge is -2.19. The summed E-state index contributed by atoms with van der Waals surface area (Å²) in [6.45, 7) is 9.26. The van der Waals surface area contributed by atoms with Crippen molar-refractivity contribution < 1.29 is 14.3 Å². The molecule has 0 bridgehead atoms. The lowest BCUT2D eigenvalue weighted by molar-refractivity contribution is -0.143. The molecule has 0 aliphatic carbocycles. The van der Waals surface area contributed by atoms with E-state index in [0.717, 1.165) is 24.3 Å². The van der Waals surface area contributed by atoms with Crippen molar-refractivity contribution in [1.82, 2.24) is 5.32 Å². The van der Waals surface area contributed by atoms with E-state index < -0.39 is 0 Å². The van der Waals surface area contributed by atoms with Crippen molar-refractivity contribution >= 4 is 5.97 Å². The minimum Gasteiger partial charge on any atom is -0.496 e. The Balaban J connectivity index is 2.87. The Hall–Kier alpha value is -1.55. The molecule has 0 aliphatic rings. The molecule has 118 valence electrons. The topological polar surface area (TPSA) is 47.6 Å². The van der Waals surface area contributed by atoms with Gasteiger partial charge in [0.15, 0.2) is 0 Å². The predicted molar refractivity (Wildman–Crippen MR) is 84.9 cm³/mol. The number of methoxy groups -OCH3 is 1. The fraction of sp³-hybridized carbons (Fsp3) is 0.588. The number of hydrogen-bond donors (Lipinski definition) is 1. The molecule has 4 nitrogen and oxygen atoms in total. The van der Waals surface area contributed by atoms with Crippen LogP contribution >= 0.6 is 0 Å². The van der Waals surface area contributed by atoms with E-state index in [1.165, 1.54) is 11.1 Å². The number of carbonyl (C=O) groups excluding carboxylic acids is 1. The number of likely N-dealkylation sites (N-methyl/N-ethyl adjacent to an activating group) is 1. The molecule has 21 heavy (non-hydrogen) atoms. The Morgan fingerprint density at radius 2 is 1.90 bits per heavy atom. The molecule has 1 aromatic carbocycles. The van der Waals surface area contributed by atoms with Gasteiger partial charge in [-0.3, -0.25) is 4.79 Å². The van der Waals surface area contributed by atoms with Crippen LogP contribution in [-0.4, -0.2) is 32.3 Å². The molecule has 1 rings (SSSR count). The summed E-state index contributed by atoms with van der Waals surface area (Å²) in [4.78, 5) is 11.7. The first-order valence-corrected chi connectivity index (χ1v) is 7.54. The van der Waals surface area contributed by atoms with E-state index in [4.69, 9.17) is 9.47 Å². The van der Waals surface area contributed by atoms with Crippen LogP contribution in [0.5, 0.6) is 5.75 Å². The molecule has 4 heteroatoms. The first kappa shape index (κ1) is 17.5. The molecule has 1 N–H and O–H groups in total. The van der Waals surface area contributed by atoms with Crippen LogP contribution in [0.2, 0.25) is 0 Å². The smallest absolute Gasteiger partial charge is 0.307 e. The van der Waals surface area contributed by atoms with Gasteiger partial charge in [0, 0.05) is 6.04 Å². The van der Waals surface area contributed by atoms with E-state index in [1.807, 2.05) is 13.8 Å². The van der Waals surface area contributed by atoms with Gasteiger partial charge >= 0.3 is 5.97 Å². The van der Waals surface area contributed by atoms with Gasteiger partial charge in [0.05, 0.1) is 20.1 Å². The molecule has 0 aromatic heterocycles. The maximum Gasteiger partial charge on any atom is 0.307 e. The Bertz CT molecular complexity index is 471. The van der Waals surface area contributed by atoms with Crippen molar-refractivity contribution in [1.29, 1.82) is 0 Å². The van der Waals surface area contributed by atoms with Crippen LogP contribution in [0, 0.1) is 13.8 Å². The molecule has 0 fully saturated rings. The molecule has 0 spiro atoms. The number of aryl methyl sites for hydroxylation is 2. The number of benzene rings is 1. The van der Waals surface area contributed by atoms with Gasteiger partial charge in [-0.2, -0.15) is 0 Å². The fourth-order valence-electron chi connectivity index (χ4n) is 2.39. The monoisotopic (exact) mass is 293 g/mol. The highest BCUT2D eigenvalue weighted by molar-refractivity contribution is 5.70. The third-order valence-corrected chi connectivity index (χ3v) is 3.57. The third kappa shape index (κ3) is 5.38. The minimum atomic E-state index is -0.161. The summed E-state index contributed by atoms with van der Waals surface area (Å²) in [5, 5.41) is 3.35. The number of hydrogen-bond acceptors (Lipinski definition) is 4. The van der Waals surface area contributed by atoms with Crippen molar-refractivity contribution in [3.8, 4) is 5.75 Å². The van der Waals surface area contributed by atoms with E-state index >= 15 is 0 Å². The Kier molecular flexibility index (Phi) is 7.23. The number of rotatable bonds is 8. The Morgan fingerprint density at radius 1 is 1.24 bits per heavy atom. The lowest BCUT2D eigenvalue weighted by atomic mass is 9.98. The third-order valence-electron chi connectivity index (χ3n) is 3.57. The minimum absolute atomic E-state index is 0.0602. The van der Waals surface area contributed by atoms with Gasteiger partial charge in [0.1, 0.15) is 5.75 Å². The zero-order chi connectivity index (χ0) is 15.8. The van der Waals surface area contributed by atoms with Crippen LogP contribution in [0.3, 0.4) is 0 Å². The highest BCUT2D eigenvalue weighted by Crippen LogP contribution is 2.24.